The van der Waals surface area contributed by atoms with E-state index in [0.29, 0.717) is 5.84 Å². The lowest BCUT2D eigenvalue weighted by molar-refractivity contribution is -0.739. The van der Waals surface area contributed by atoms with E-state index >= 15 is 0 Å². The minimum absolute atomic E-state index is 0.206. The molecule has 5 N–H and O–H groups in total. The standard InChI is InChI=1S/C13H13N3O/c14-13(16-17)12(10-6-2-1-3-7-10)11-8-4-5-9-15-11/h1-9,12,17H,(H2,14,16)/p+2. The smallest absolute Gasteiger partial charge is 0.297 e. The summed E-state index contributed by atoms with van der Waals surface area (Å²) >= 11 is 0. The van der Waals surface area contributed by atoms with Gasteiger partial charge < -0.3 is 5.21 Å². The first-order valence-electron chi connectivity index (χ1n) is 5.37. The van der Waals surface area contributed by atoms with E-state index in [1.54, 1.807) is 0 Å². The molecular weight excluding hydrogens is 214 g/mol. The summed E-state index contributed by atoms with van der Waals surface area (Å²) in [7, 11) is 0. The Kier molecular flexibility index (Phi) is 3.35. The molecule has 0 saturated carbocycles. The Hall–Kier alpha value is -2.36. The first-order chi connectivity index (χ1) is 8.33. The fourth-order valence-electron chi connectivity index (χ4n) is 1.82. The van der Waals surface area contributed by atoms with E-state index in [4.69, 9.17) is 10.9 Å². The van der Waals surface area contributed by atoms with Crippen molar-refractivity contribution in [1.29, 1.82) is 0 Å². The number of nitrogens with two attached hydrogens (primary N) is 1. The molecule has 1 heterocycles. The van der Waals surface area contributed by atoms with Crippen molar-refractivity contribution in [3.05, 3.63) is 66.0 Å². The largest absolute Gasteiger partial charge is 0.357 e. The topological polar surface area (TPSA) is 74.4 Å². The highest BCUT2D eigenvalue weighted by atomic mass is 16.4. The molecule has 17 heavy (non-hydrogen) atoms. The fourth-order valence-corrected chi connectivity index (χ4v) is 1.82. The van der Waals surface area contributed by atoms with Crippen LogP contribution in [0.5, 0.6) is 0 Å². The second-order valence-electron chi connectivity index (χ2n) is 3.73. The molecule has 0 fully saturated rings. The van der Waals surface area contributed by atoms with Gasteiger partial charge in [-0.25, -0.2) is 4.98 Å². The van der Waals surface area contributed by atoms with Crippen LogP contribution < -0.4 is 15.9 Å². The molecule has 4 nitrogen and oxygen atoms in total. The number of benzene rings is 1. The molecule has 0 bridgehead atoms. The molecule has 0 radical (unpaired) electrons. The molecule has 0 aliphatic heterocycles. The van der Waals surface area contributed by atoms with Gasteiger partial charge in [0, 0.05) is 12.1 Å². The zero-order valence-electron chi connectivity index (χ0n) is 9.30. The van der Waals surface area contributed by atoms with E-state index in [-0.39, 0.29) is 5.92 Å². The average molecular weight is 229 g/mol. The summed E-state index contributed by atoms with van der Waals surface area (Å²) in [6, 6.07) is 15.5. The van der Waals surface area contributed by atoms with Crippen LogP contribution >= 0.6 is 0 Å². The number of H-pyrrole nitrogens is 1. The fraction of sp³-hybridized carbons (Fsp3) is 0.0769. The third kappa shape index (κ3) is 2.42. The van der Waals surface area contributed by atoms with Crippen molar-refractivity contribution in [3.8, 4) is 0 Å². The molecular formula is C13H15N3O+2. The Bertz CT molecular complexity index is 457. The predicted octanol–water partition coefficient (Wildman–Crippen LogP) is -0.540. The molecule has 0 aliphatic rings. The Morgan fingerprint density at radius 3 is 2.41 bits per heavy atom. The minimum Gasteiger partial charge on any atom is -0.357 e. The summed E-state index contributed by atoms with van der Waals surface area (Å²) in [5, 5.41) is 11.0. The number of hydrogen-bond acceptors (Lipinski definition) is 1. The Balaban J connectivity index is 2.47. The molecule has 0 aliphatic carbocycles. The number of nitrogens with one attached hydrogen (secondary N) is 2. The molecule has 1 aromatic heterocycles. The van der Waals surface area contributed by atoms with Crippen LogP contribution in [0.25, 0.3) is 0 Å². The number of aromatic amines is 1. The summed E-state index contributed by atoms with van der Waals surface area (Å²) in [5.74, 6) is 0.0843. The van der Waals surface area contributed by atoms with Crippen molar-refractivity contribution in [2.75, 3.05) is 0 Å². The molecule has 1 aromatic carbocycles. The second kappa shape index (κ2) is 5.12. The van der Waals surface area contributed by atoms with E-state index in [9.17, 15) is 0 Å². The molecule has 2 rings (SSSR count). The first-order valence-corrected chi connectivity index (χ1v) is 5.37. The van der Waals surface area contributed by atoms with Gasteiger partial charge in [-0.2, -0.15) is 0 Å². The highest BCUT2D eigenvalue weighted by molar-refractivity contribution is 5.84. The average Bonchev–Trinajstić information content (AvgIpc) is 2.41. The van der Waals surface area contributed by atoms with E-state index in [1.807, 2.05) is 59.9 Å². The van der Waals surface area contributed by atoms with Gasteiger partial charge in [-0.3, -0.25) is 5.73 Å². The van der Waals surface area contributed by atoms with E-state index in [1.165, 1.54) is 0 Å². The molecule has 4 heteroatoms. The van der Waals surface area contributed by atoms with Crippen molar-refractivity contribution in [2.45, 2.75) is 5.92 Å². The van der Waals surface area contributed by atoms with E-state index in [0.717, 1.165) is 11.3 Å². The van der Waals surface area contributed by atoms with Gasteiger partial charge in [-0.1, -0.05) is 41.6 Å². The van der Waals surface area contributed by atoms with Gasteiger partial charge >= 0.3 is 0 Å². The Labute approximate surface area is 99.4 Å². The number of pyridine rings is 1. The van der Waals surface area contributed by atoms with Crippen LogP contribution in [0, 0.1) is 0 Å². The van der Waals surface area contributed by atoms with Crippen LogP contribution in [0.3, 0.4) is 0 Å². The summed E-state index contributed by atoms with van der Waals surface area (Å²) in [5.41, 5.74) is 7.74. The molecule has 86 valence electrons. The van der Waals surface area contributed by atoms with Crippen molar-refractivity contribution < 1.29 is 15.3 Å². The molecule has 0 amide bonds. The maximum Gasteiger partial charge on any atom is 0.297 e. The Morgan fingerprint density at radius 1 is 1.12 bits per heavy atom. The SMILES string of the molecule is NC(=[NH+]O)C(c1ccccc1)c1cccc[nH+]1. The highest BCUT2D eigenvalue weighted by Crippen LogP contribution is 2.19. The lowest BCUT2D eigenvalue weighted by atomic mass is 9.94. The summed E-state index contributed by atoms with van der Waals surface area (Å²) in [4.78, 5) is 3.13. The number of aromatic nitrogens is 1. The van der Waals surface area contributed by atoms with Gasteiger partial charge in [0.15, 0.2) is 17.8 Å². The van der Waals surface area contributed by atoms with Crippen LogP contribution in [-0.4, -0.2) is 11.0 Å². The van der Waals surface area contributed by atoms with Gasteiger partial charge in [-0.05, 0) is 5.56 Å². The number of hydrogen-bond donors (Lipinski definition) is 3. The lowest BCUT2D eigenvalue weighted by Crippen LogP contribution is -2.73. The van der Waals surface area contributed by atoms with Gasteiger partial charge in [0.25, 0.3) is 5.84 Å². The molecule has 0 saturated heterocycles. The third-order valence-corrected chi connectivity index (χ3v) is 2.62. The van der Waals surface area contributed by atoms with E-state index < -0.39 is 0 Å². The molecule has 0 spiro atoms. The summed E-state index contributed by atoms with van der Waals surface area (Å²) in [6.45, 7) is 0. The number of amidine groups is 1. The second-order valence-corrected chi connectivity index (χ2v) is 3.73. The van der Waals surface area contributed by atoms with Crippen LogP contribution in [0.1, 0.15) is 17.2 Å². The van der Waals surface area contributed by atoms with Crippen LogP contribution in [0.2, 0.25) is 0 Å². The maximum atomic E-state index is 9.00. The minimum atomic E-state index is -0.206. The quantitative estimate of drug-likeness (QED) is 0.286. The number of rotatable bonds is 3. The zero-order valence-corrected chi connectivity index (χ0v) is 9.30. The Morgan fingerprint density at radius 2 is 1.82 bits per heavy atom. The van der Waals surface area contributed by atoms with Crippen LogP contribution in [0.15, 0.2) is 54.7 Å². The summed E-state index contributed by atoms with van der Waals surface area (Å²) in [6.07, 6.45) is 1.83. The van der Waals surface area contributed by atoms with Gasteiger partial charge in [0.1, 0.15) is 0 Å². The predicted molar refractivity (Wildman–Crippen MR) is 63.2 cm³/mol. The van der Waals surface area contributed by atoms with Gasteiger partial charge in [-0.15, -0.1) is 0 Å². The summed E-state index contributed by atoms with van der Waals surface area (Å²) < 4.78 is 0. The van der Waals surface area contributed by atoms with Crippen LogP contribution in [-0.2, 0) is 0 Å². The highest BCUT2D eigenvalue weighted by Gasteiger charge is 2.28. The van der Waals surface area contributed by atoms with E-state index in [2.05, 4.69) is 4.98 Å². The molecule has 1 atom stereocenters. The monoisotopic (exact) mass is 229 g/mol. The molecule has 2 aromatic rings. The molecule has 1 unspecified atom stereocenters. The van der Waals surface area contributed by atoms with Crippen LogP contribution in [0.4, 0.5) is 0 Å². The van der Waals surface area contributed by atoms with Crippen molar-refractivity contribution in [1.82, 2.24) is 0 Å². The lowest BCUT2D eigenvalue weighted by Gasteiger charge is -2.08. The third-order valence-electron chi connectivity index (χ3n) is 2.62. The van der Waals surface area contributed by atoms with Crippen molar-refractivity contribution in [2.24, 2.45) is 5.73 Å². The maximum absolute atomic E-state index is 9.00. The first kappa shape index (κ1) is 11.1. The van der Waals surface area contributed by atoms with Gasteiger partial charge in [0.2, 0.25) is 0 Å². The van der Waals surface area contributed by atoms with Gasteiger partial charge in [0.05, 0.1) is 0 Å². The van der Waals surface area contributed by atoms with Crippen molar-refractivity contribution in [3.63, 3.8) is 0 Å². The zero-order chi connectivity index (χ0) is 12.1. The van der Waals surface area contributed by atoms with Crippen molar-refractivity contribution >= 4 is 5.84 Å². The normalized spacial score (nSPS) is 13.3.